The first-order valence-corrected chi connectivity index (χ1v) is 8.80. The van der Waals surface area contributed by atoms with E-state index in [2.05, 4.69) is 27.9 Å². The van der Waals surface area contributed by atoms with Crippen LogP contribution in [0.15, 0.2) is 17.7 Å². The van der Waals surface area contributed by atoms with Crippen molar-refractivity contribution >= 4 is 57.8 Å². The highest BCUT2D eigenvalue weighted by Crippen LogP contribution is 2.34. The van der Waals surface area contributed by atoms with Gasteiger partial charge in [0.2, 0.25) is 0 Å². The first kappa shape index (κ1) is 18.7. The summed E-state index contributed by atoms with van der Waals surface area (Å²) in [4.78, 5) is 25.9. The number of rotatable bonds is 5. The Bertz CT molecular complexity index is 733. The van der Waals surface area contributed by atoms with Crippen LogP contribution < -0.4 is 14.8 Å². The lowest BCUT2D eigenvalue weighted by Crippen LogP contribution is -2.53. The van der Waals surface area contributed by atoms with Crippen molar-refractivity contribution in [2.24, 2.45) is 0 Å². The molecule has 1 saturated heterocycles. The number of halogens is 1. The van der Waals surface area contributed by atoms with Gasteiger partial charge >= 0.3 is 0 Å². The van der Waals surface area contributed by atoms with E-state index in [0.717, 1.165) is 3.57 Å². The minimum absolute atomic E-state index is 0.0347. The topological polar surface area (TPSA) is 67.9 Å². The molecule has 0 spiro atoms. The van der Waals surface area contributed by atoms with Crippen LogP contribution >= 0.6 is 34.8 Å². The molecular weight excluding hydrogens is 443 g/mol. The predicted octanol–water partition coefficient (Wildman–Crippen LogP) is 2.35. The second-order valence-corrected chi connectivity index (χ2v) is 6.38. The van der Waals surface area contributed by atoms with E-state index >= 15 is 0 Å². The van der Waals surface area contributed by atoms with E-state index in [9.17, 15) is 9.59 Å². The van der Waals surface area contributed by atoms with Gasteiger partial charge in [0.1, 0.15) is 5.57 Å². The minimum atomic E-state index is -0.502. The standard InChI is InChI=1S/C16H17IN2O4S/c1-4-19-15(21)10(14(20)18-16(19)24)6-9-7-11(17)13(23-5-2)12(8-9)22-3/h6-8H,4-5H2,1-3H3,(H,18,20,24)/b10-6-. The van der Waals surface area contributed by atoms with Crippen molar-refractivity contribution in [3.05, 3.63) is 26.8 Å². The third-order valence-corrected chi connectivity index (χ3v) is 4.48. The highest BCUT2D eigenvalue weighted by Gasteiger charge is 2.32. The first-order valence-electron chi connectivity index (χ1n) is 7.32. The molecule has 1 N–H and O–H groups in total. The molecule has 2 rings (SSSR count). The predicted molar refractivity (Wildman–Crippen MR) is 103 cm³/mol. The molecule has 128 valence electrons. The molecule has 1 heterocycles. The van der Waals surface area contributed by atoms with Gasteiger partial charge in [-0.3, -0.25) is 19.8 Å². The van der Waals surface area contributed by atoms with E-state index in [-0.39, 0.29) is 10.7 Å². The Morgan fingerprint density at radius 3 is 2.62 bits per heavy atom. The summed E-state index contributed by atoms with van der Waals surface area (Å²) >= 11 is 7.14. The molecule has 1 aromatic rings. The molecular formula is C16H17IN2O4S. The molecule has 0 atom stereocenters. The summed E-state index contributed by atoms with van der Waals surface area (Å²) in [5, 5.41) is 2.66. The number of carbonyl (C=O) groups excluding carboxylic acids is 2. The van der Waals surface area contributed by atoms with E-state index in [1.165, 1.54) is 11.0 Å². The average Bonchev–Trinajstić information content (AvgIpc) is 2.54. The zero-order chi connectivity index (χ0) is 17.9. The lowest BCUT2D eigenvalue weighted by atomic mass is 10.1. The van der Waals surface area contributed by atoms with Crippen molar-refractivity contribution in [1.29, 1.82) is 0 Å². The number of nitrogens with zero attached hydrogens (tertiary/aromatic N) is 1. The quantitative estimate of drug-likeness (QED) is 0.316. The Morgan fingerprint density at radius 2 is 2.04 bits per heavy atom. The highest BCUT2D eigenvalue weighted by atomic mass is 127. The van der Waals surface area contributed by atoms with Crippen molar-refractivity contribution in [1.82, 2.24) is 10.2 Å². The molecule has 1 aliphatic heterocycles. The molecule has 1 aliphatic rings. The zero-order valence-corrected chi connectivity index (χ0v) is 16.5. The van der Waals surface area contributed by atoms with E-state index in [1.54, 1.807) is 20.1 Å². The van der Waals surface area contributed by atoms with Gasteiger partial charge in [-0.15, -0.1) is 0 Å². The van der Waals surface area contributed by atoms with Crippen LogP contribution in [0.4, 0.5) is 0 Å². The van der Waals surface area contributed by atoms with E-state index in [0.29, 0.717) is 30.2 Å². The van der Waals surface area contributed by atoms with Crippen LogP contribution in [0.2, 0.25) is 0 Å². The van der Waals surface area contributed by atoms with Crippen LogP contribution in [0, 0.1) is 3.57 Å². The van der Waals surface area contributed by atoms with Crippen LogP contribution in [0.5, 0.6) is 11.5 Å². The van der Waals surface area contributed by atoms with Gasteiger partial charge in [-0.25, -0.2) is 0 Å². The van der Waals surface area contributed by atoms with Gasteiger partial charge in [-0.1, -0.05) is 0 Å². The van der Waals surface area contributed by atoms with Crippen LogP contribution in [-0.2, 0) is 9.59 Å². The number of ether oxygens (including phenoxy) is 2. The number of carbonyl (C=O) groups is 2. The monoisotopic (exact) mass is 460 g/mol. The van der Waals surface area contributed by atoms with Gasteiger partial charge < -0.3 is 9.47 Å². The summed E-state index contributed by atoms with van der Waals surface area (Å²) in [5.74, 6) is 0.271. The molecule has 24 heavy (non-hydrogen) atoms. The Kier molecular flexibility index (Phi) is 6.16. The Balaban J connectivity index is 2.46. The van der Waals surface area contributed by atoms with Gasteiger partial charge in [-0.2, -0.15) is 0 Å². The molecule has 1 fully saturated rings. The van der Waals surface area contributed by atoms with Gasteiger partial charge in [0.25, 0.3) is 11.8 Å². The SMILES string of the molecule is CCOc1c(I)cc(/C=C2/C(=O)NC(=S)N(CC)C2=O)cc1OC. The summed E-state index contributed by atoms with van der Waals surface area (Å²) in [7, 11) is 1.54. The number of methoxy groups -OCH3 is 1. The number of benzene rings is 1. The number of hydrogen-bond donors (Lipinski definition) is 1. The molecule has 0 aliphatic carbocycles. The third-order valence-electron chi connectivity index (χ3n) is 3.35. The Labute approximate surface area is 159 Å². The smallest absolute Gasteiger partial charge is 0.265 e. The number of hydrogen-bond acceptors (Lipinski definition) is 5. The number of likely N-dealkylation sites (N-methyl/N-ethyl adjacent to an activating group) is 1. The molecule has 0 aromatic heterocycles. The Hall–Kier alpha value is -1.68. The lowest BCUT2D eigenvalue weighted by Gasteiger charge is -2.27. The summed E-state index contributed by atoms with van der Waals surface area (Å²) in [6.07, 6.45) is 1.53. The van der Waals surface area contributed by atoms with Crippen molar-refractivity contribution < 1.29 is 19.1 Å². The molecule has 0 bridgehead atoms. The number of thiocarbonyl (C=S) groups is 1. The summed E-state index contributed by atoms with van der Waals surface area (Å²) < 4.78 is 11.7. The fourth-order valence-electron chi connectivity index (χ4n) is 2.26. The van der Waals surface area contributed by atoms with Crippen LogP contribution in [0.3, 0.4) is 0 Å². The van der Waals surface area contributed by atoms with Gasteiger partial charge in [-0.05, 0) is 72.4 Å². The molecule has 0 unspecified atom stereocenters. The second kappa shape index (κ2) is 7.93. The zero-order valence-electron chi connectivity index (χ0n) is 13.5. The van der Waals surface area contributed by atoms with Crippen LogP contribution in [0.1, 0.15) is 19.4 Å². The maximum atomic E-state index is 12.4. The summed E-state index contributed by atoms with van der Waals surface area (Å²) in [5.41, 5.74) is 0.703. The number of amides is 2. The average molecular weight is 460 g/mol. The maximum absolute atomic E-state index is 12.4. The normalized spacial score (nSPS) is 16.4. The Morgan fingerprint density at radius 1 is 1.33 bits per heavy atom. The van der Waals surface area contributed by atoms with Crippen molar-refractivity contribution in [3.8, 4) is 11.5 Å². The molecule has 8 heteroatoms. The first-order chi connectivity index (χ1) is 11.4. The lowest BCUT2D eigenvalue weighted by molar-refractivity contribution is -0.128. The minimum Gasteiger partial charge on any atom is -0.493 e. The van der Waals surface area contributed by atoms with E-state index in [4.69, 9.17) is 21.7 Å². The van der Waals surface area contributed by atoms with Gasteiger partial charge in [0.05, 0.1) is 17.3 Å². The van der Waals surface area contributed by atoms with Crippen molar-refractivity contribution in [2.75, 3.05) is 20.3 Å². The number of nitrogens with one attached hydrogen (secondary N) is 1. The van der Waals surface area contributed by atoms with Crippen molar-refractivity contribution in [3.63, 3.8) is 0 Å². The fourth-order valence-corrected chi connectivity index (χ4v) is 3.34. The molecule has 2 amide bonds. The summed E-state index contributed by atoms with van der Waals surface area (Å²) in [6, 6.07) is 3.55. The van der Waals surface area contributed by atoms with Crippen LogP contribution in [-0.4, -0.2) is 42.1 Å². The van der Waals surface area contributed by atoms with Crippen LogP contribution in [0.25, 0.3) is 6.08 Å². The highest BCUT2D eigenvalue weighted by molar-refractivity contribution is 14.1. The van der Waals surface area contributed by atoms with Gasteiger partial charge in [0.15, 0.2) is 16.6 Å². The molecule has 1 aromatic carbocycles. The van der Waals surface area contributed by atoms with Crippen molar-refractivity contribution in [2.45, 2.75) is 13.8 Å². The summed E-state index contributed by atoms with van der Waals surface area (Å²) in [6.45, 7) is 4.58. The second-order valence-electron chi connectivity index (χ2n) is 4.83. The maximum Gasteiger partial charge on any atom is 0.265 e. The van der Waals surface area contributed by atoms with E-state index in [1.807, 2.05) is 13.0 Å². The molecule has 0 radical (unpaired) electrons. The third kappa shape index (κ3) is 3.69. The van der Waals surface area contributed by atoms with E-state index < -0.39 is 11.8 Å². The van der Waals surface area contributed by atoms with Gasteiger partial charge in [0, 0.05) is 6.54 Å². The largest absolute Gasteiger partial charge is 0.493 e. The molecule has 6 nitrogen and oxygen atoms in total. The molecule has 0 saturated carbocycles. The fraction of sp³-hybridized carbons (Fsp3) is 0.312.